The van der Waals surface area contributed by atoms with Gasteiger partial charge in [-0.25, -0.2) is 0 Å². The van der Waals surface area contributed by atoms with Crippen LogP contribution in [0.25, 0.3) is 21.5 Å². The van der Waals surface area contributed by atoms with E-state index in [4.69, 9.17) is 4.55 Å². The van der Waals surface area contributed by atoms with Crippen LogP contribution >= 0.6 is 0 Å². The van der Waals surface area contributed by atoms with E-state index in [9.17, 15) is 8.42 Å². The van der Waals surface area contributed by atoms with Gasteiger partial charge in [0.05, 0.1) is 0 Å². The van der Waals surface area contributed by atoms with Gasteiger partial charge in [-0.15, -0.1) is 0 Å². The second-order valence-electron chi connectivity index (χ2n) is 4.15. The van der Waals surface area contributed by atoms with Gasteiger partial charge in [0, 0.05) is 5.39 Å². The lowest BCUT2D eigenvalue weighted by atomic mass is 10.0. The van der Waals surface area contributed by atoms with E-state index in [-0.39, 0.29) is 5.75 Å². The summed E-state index contributed by atoms with van der Waals surface area (Å²) in [5.41, 5.74) is 0. The molecule has 0 saturated carbocycles. The molecule has 0 aliphatic rings. The molecule has 0 atom stereocenters. The van der Waals surface area contributed by atoms with Crippen LogP contribution in [0.1, 0.15) is 0 Å². The number of fused-ring (bicyclic) bond motifs is 3. The average molecular weight is 274 g/mol. The summed E-state index contributed by atoms with van der Waals surface area (Å²) in [4.78, 5) is 0. The summed E-state index contributed by atoms with van der Waals surface area (Å²) in [5.74, 6) is 0.122. The fourth-order valence-corrected chi connectivity index (χ4v) is 2.57. The van der Waals surface area contributed by atoms with E-state index in [2.05, 4.69) is 4.18 Å². The Morgan fingerprint density at radius 1 is 0.842 bits per heavy atom. The number of hydrogen-bond acceptors (Lipinski definition) is 3. The van der Waals surface area contributed by atoms with E-state index in [1.807, 2.05) is 36.4 Å². The Bertz CT molecular complexity index is 869. The van der Waals surface area contributed by atoms with Crippen LogP contribution in [0.4, 0.5) is 0 Å². The molecule has 3 aromatic rings. The second-order valence-corrected chi connectivity index (χ2v) is 5.17. The standard InChI is InChI=1S/C14H10O4S/c15-19(16,17)18-14-9-10-5-1-2-6-11(10)12-7-3-4-8-13(12)14/h1-9H,(H,15,16,17). The van der Waals surface area contributed by atoms with Crippen molar-refractivity contribution in [2.24, 2.45) is 0 Å². The highest BCUT2D eigenvalue weighted by Crippen LogP contribution is 2.33. The maximum atomic E-state index is 10.9. The summed E-state index contributed by atoms with van der Waals surface area (Å²) in [7, 11) is -4.54. The zero-order valence-electron chi connectivity index (χ0n) is 9.78. The van der Waals surface area contributed by atoms with Crippen molar-refractivity contribution in [2.75, 3.05) is 0 Å². The number of benzene rings is 3. The number of rotatable bonds is 2. The molecule has 0 fully saturated rings. The summed E-state index contributed by atoms with van der Waals surface area (Å²) in [6.07, 6.45) is 0. The van der Waals surface area contributed by atoms with E-state index in [1.54, 1.807) is 18.2 Å². The van der Waals surface area contributed by atoms with Gasteiger partial charge in [-0.1, -0.05) is 48.5 Å². The van der Waals surface area contributed by atoms with Crippen LogP contribution in [-0.4, -0.2) is 13.0 Å². The van der Waals surface area contributed by atoms with Crippen molar-refractivity contribution in [3.63, 3.8) is 0 Å². The fraction of sp³-hybridized carbons (Fsp3) is 0. The van der Waals surface area contributed by atoms with E-state index >= 15 is 0 Å². The average Bonchev–Trinajstić information content (AvgIpc) is 2.37. The normalized spacial score (nSPS) is 11.8. The molecule has 1 N–H and O–H groups in total. The Balaban J connectivity index is 2.42. The van der Waals surface area contributed by atoms with Gasteiger partial charge in [0.25, 0.3) is 0 Å². The van der Waals surface area contributed by atoms with Crippen LogP contribution < -0.4 is 4.18 Å². The smallest absolute Gasteiger partial charge is 0.361 e. The predicted octanol–water partition coefficient (Wildman–Crippen LogP) is 3.17. The van der Waals surface area contributed by atoms with Gasteiger partial charge in [0.2, 0.25) is 0 Å². The minimum Gasteiger partial charge on any atom is -0.361 e. The van der Waals surface area contributed by atoms with Gasteiger partial charge >= 0.3 is 10.4 Å². The topological polar surface area (TPSA) is 63.6 Å². The zero-order valence-corrected chi connectivity index (χ0v) is 10.6. The molecule has 0 amide bonds. The Kier molecular flexibility index (Phi) is 2.66. The first kappa shape index (κ1) is 12.0. The predicted molar refractivity (Wildman–Crippen MR) is 73.6 cm³/mol. The van der Waals surface area contributed by atoms with Gasteiger partial charge in [-0.3, -0.25) is 4.55 Å². The molecule has 3 rings (SSSR count). The molecule has 0 spiro atoms. The maximum Gasteiger partial charge on any atom is 0.446 e. The molecule has 19 heavy (non-hydrogen) atoms. The first-order chi connectivity index (χ1) is 9.04. The van der Waals surface area contributed by atoms with Crippen LogP contribution in [0.2, 0.25) is 0 Å². The third-order valence-electron chi connectivity index (χ3n) is 2.93. The Labute approximate surface area is 110 Å². The Morgan fingerprint density at radius 3 is 2.11 bits per heavy atom. The molecule has 0 heterocycles. The van der Waals surface area contributed by atoms with Crippen molar-refractivity contribution in [3.05, 3.63) is 54.6 Å². The van der Waals surface area contributed by atoms with Crippen molar-refractivity contribution >= 4 is 31.9 Å². The van der Waals surface area contributed by atoms with Crippen molar-refractivity contribution in [1.82, 2.24) is 0 Å². The molecule has 4 nitrogen and oxygen atoms in total. The van der Waals surface area contributed by atoms with Crippen molar-refractivity contribution in [3.8, 4) is 5.75 Å². The Hall–Kier alpha value is -2.11. The van der Waals surface area contributed by atoms with Crippen molar-refractivity contribution in [2.45, 2.75) is 0 Å². The first-order valence-corrected chi connectivity index (χ1v) is 6.98. The largest absolute Gasteiger partial charge is 0.446 e. The summed E-state index contributed by atoms with van der Waals surface area (Å²) in [6.45, 7) is 0. The fourth-order valence-electron chi connectivity index (χ4n) is 2.20. The van der Waals surface area contributed by atoms with Crippen LogP contribution in [0, 0.1) is 0 Å². The molecule has 0 saturated heterocycles. The highest BCUT2D eigenvalue weighted by Gasteiger charge is 2.12. The van der Waals surface area contributed by atoms with Gasteiger partial charge in [0.1, 0.15) is 0 Å². The lowest BCUT2D eigenvalue weighted by molar-refractivity contribution is 0.388. The van der Waals surface area contributed by atoms with Crippen molar-refractivity contribution in [1.29, 1.82) is 0 Å². The van der Waals surface area contributed by atoms with Crippen molar-refractivity contribution < 1.29 is 17.2 Å². The highest BCUT2D eigenvalue weighted by molar-refractivity contribution is 7.81. The van der Waals surface area contributed by atoms with E-state index in [1.165, 1.54) is 0 Å². The molecule has 5 heteroatoms. The molecule has 0 aromatic heterocycles. The molecule has 96 valence electrons. The van der Waals surface area contributed by atoms with Gasteiger partial charge in [-0.05, 0) is 22.2 Å². The van der Waals surface area contributed by atoms with Gasteiger partial charge in [-0.2, -0.15) is 8.42 Å². The quantitative estimate of drug-likeness (QED) is 0.576. The summed E-state index contributed by atoms with van der Waals surface area (Å²) in [5, 5.41) is 3.36. The molecule has 3 aromatic carbocycles. The molecule has 0 radical (unpaired) electrons. The molecule has 0 bridgehead atoms. The maximum absolute atomic E-state index is 10.9. The van der Waals surface area contributed by atoms with Crippen LogP contribution in [0.3, 0.4) is 0 Å². The summed E-state index contributed by atoms with van der Waals surface area (Å²) >= 11 is 0. The van der Waals surface area contributed by atoms with Crippen LogP contribution in [0.5, 0.6) is 5.75 Å². The van der Waals surface area contributed by atoms with Crippen LogP contribution in [0.15, 0.2) is 54.6 Å². The SMILES string of the molecule is O=S(=O)(O)Oc1cc2ccccc2c2ccccc12. The first-order valence-electron chi connectivity index (χ1n) is 5.62. The Morgan fingerprint density at radius 2 is 1.42 bits per heavy atom. The van der Waals surface area contributed by atoms with Gasteiger partial charge in [0.15, 0.2) is 5.75 Å². The highest BCUT2D eigenvalue weighted by atomic mass is 32.3. The zero-order chi connectivity index (χ0) is 13.5. The minimum atomic E-state index is -4.54. The van der Waals surface area contributed by atoms with E-state index < -0.39 is 10.4 Å². The lowest BCUT2D eigenvalue weighted by Gasteiger charge is -2.09. The molecule has 0 aliphatic heterocycles. The number of hydrogen-bond donors (Lipinski definition) is 1. The summed E-state index contributed by atoms with van der Waals surface area (Å²) < 4.78 is 35.3. The van der Waals surface area contributed by atoms with Gasteiger partial charge < -0.3 is 4.18 Å². The third-order valence-corrected chi connectivity index (χ3v) is 3.32. The molecule has 0 aliphatic carbocycles. The second kappa shape index (κ2) is 4.22. The van der Waals surface area contributed by atoms with E-state index in [0.29, 0.717) is 5.39 Å². The van der Waals surface area contributed by atoms with Crippen LogP contribution in [-0.2, 0) is 10.4 Å². The van der Waals surface area contributed by atoms with E-state index in [0.717, 1.165) is 16.2 Å². The minimum absolute atomic E-state index is 0.122. The lowest BCUT2D eigenvalue weighted by Crippen LogP contribution is -2.06. The summed E-state index contributed by atoms with van der Waals surface area (Å²) in [6, 6.07) is 16.5. The molecular formula is C14H10O4S. The molecular weight excluding hydrogens is 264 g/mol. The monoisotopic (exact) mass is 274 g/mol. The third kappa shape index (κ3) is 2.25. The molecule has 0 unspecified atom stereocenters.